The lowest BCUT2D eigenvalue weighted by Crippen LogP contribution is -2.32. The summed E-state index contributed by atoms with van der Waals surface area (Å²) in [6.07, 6.45) is 6.19. The number of aromatic nitrogens is 3. The molecule has 3 aromatic carbocycles. The molecule has 0 unspecified atom stereocenters. The molecule has 5 rings (SSSR count). The molecule has 2 N–H and O–H groups in total. The van der Waals surface area contributed by atoms with Gasteiger partial charge in [0.1, 0.15) is 22.6 Å². The van der Waals surface area contributed by atoms with Crippen molar-refractivity contribution in [1.82, 2.24) is 20.3 Å². The molecule has 41 heavy (non-hydrogen) atoms. The van der Waals surface area contributed by atoms with Gasteiger partial charge in [0.05, 0.1) is 21.4 Å². The summed E-state index contributed by atoms with van der Waals surface area (Å²) in [7, 11) is 0. The number of anilines is 1. The van der Waals surface area contributed by atoms with Gasteiger partial charge in [-0.1, -0.05) is 60.3 Å². The van der Waals surface area contributed by atoms with E-state index in [1.165, 1.54) is 17.7 Å². The minimum atomic E-state index is -0.449. The predicted molar refractivity (Wildman–Crippen MR) is 170 cm³/mol. The number of amides is 1. The first-order valence-electron chi connectivity index (χ1n) is 12.8. The van der Waals surface area contributed by atoms with E-state index < -0.39 is 5.91 Å². The molecule has 0 aliphatic carbocycles. The maximum Gasteiger partial charge on any atom is 0.250 e. The second-order valence-electron chi connectivity index (χ2n) is 9.18. The number of nitrogens with zero attached hydrogens (tertiary/aromatic N) is 3. The number of hydrogen-bond donors (Lipinski definition) is 2. The molecule has 0 atom stereocenters. The number of carbonyl (C=O) groups is 1. The zero-order valence-corrected chi connectivity index (χ0v) is 24.9. The molecule has 208 valence electrons. The molecule has 1 amide bonds. The number of halogens is 3. The molecule has 0 radical (unpaired) electrons. The van der Waals surface area contributed by atoms with E-state index in [0.29, 0.717) is 48.9 Å². The van der Waals surface area contributed by atoms with Crippen molar-refractivity contribution in [1.29, 1.82) is 0 Å². The first-order chi connectivity index (χ1) is 19.8. The average molecular weight is 625 g/mol. The minimum absolute atomic E-state index is 0.0732. The van der Waals surface area contributed by atoms with Crippen LogP contribution in [0.25, 0.3) is 34.1 Å². The van der Waals surface area contributed by atoms with Crippen LogP contribution in [0.5, 0.6) is 0 Å². The molecule has 0 bridgehead atoms. The molecule has 0 fully saturated rings. The van der Waals surface area contributed by atoms with E-state index in [9.17, 15) is 4.79 Å². The third kappa shape index (κ3) is 7.15. The van der Waals surface area contributed by atoms with Gasteiger partial charge in [0.25, 0.3) is 0 Å². The Balaban J connectivity index is 1.21. The highest BCUT2D eigenvalue weighted by molar-refractivity contribution is 7.80. The molecule has 0 spiro atoms. The smallest absolute Gasteiger partial charge is 0.250 e. The van der Waals surface area contributed by atoms with Gasteiger partial charge in [-0.3, -0.25) is 10.1 Å². The third-order valence-corrected chi connectivity index (χ3v) is 7.23. The van der Waals surface area contributed by atoms with Crippen LogP contribution in [0.1, 0.15) is 31.1 Å². The molecule has 11 heteroatoms. The number of furan rings is 1. The van der Waals surface area contributed by atoms with E-state index in [0.717, 1.165) is 24.9 Å². The first kappa shape index (κ1) is 28.8. The Morgan fingerprint density at radius 3 is 2.46 bits per heavy atom. The van der Waals surface area contributed by atoms with Crippen molar-refractivity contribution in [2.24, 2.45) is 0 Å². The predicted octanol–water partition coefficient (Wildman–Crippen LogP) is 8.51. The Morgan fingerprint density at radius 2 is 1.73 bits per heavy atom. The van der Waals surface area contributed by atoms with E-state index in [1.807, 2.05) is 12.1 Å². The maximum atomic E-state index is 12.5. The normalized spacial score (nSPS) is 11.3. The Hall–Kier alpha value is -3.69. The van der Waals surface area contributed by atoms with Gasteiger partial charge in [-0.2, -0.15) is 4.80 Å². The van der Waals surface area contributed by atoms with Gasteiger partial charge in [-0.05, 0) is 91.3 Å². The van der Waals surface area contributed by atoms with Gasteiger partial charge in [0.2, 0.25) is 5.91 Å². The quantitative estimate of drug-likeness (QED) is 0.133. The summed E-state index contributed by atoms with van der Waals surface area (Å²) in [5.41, 5.74) is 4.57. The van der Waals surface area contributed by atoms with Crippen molar-refractivity contribution in [3.05, 3.63) is 99.2 Å². The highest BCUT2D eigenvalue weighted by Crippen LogP contribution is 2.32. The molecular weight excluding hydrogens is 601 g/mol. The van der Waals surface area contributed by atoms with Crippen molar-refractivity contribution in [3.8, 4) is 17.0 Å². The Labute approximate surface area is 257 Å². The fourth-order valence-corrected chi connectivity index (χ4v) is 4.98. The zero-order chi connectivity index (χ0) is 28.9. The van der Waals surface area contributed by atoms with Crippen LogP contribution in [0.3, 0.4) is 0 Å². The third-order valence-electron chi connectivity index (χ3n) is 6.16. The van der Waals surface area contributed by atoms with Crippen LogP contribution in [0.2, 0.25) is 15.1 Å². The van der Waals surface area contributed by atoms with Crippen molar-refractivity contribution < 1.29 is 9.21 Å². The van der Waals surface area contributed by atoms with Gasteiger partial charge in [0.15, 0.2) is 5.11 Å². The number of hydrogen-bond acceptors (Lipinski definition) is 5. The summed E-state index contributed by atoms with van der Waals surface area (Å²) >= 11 is 24.0. The van der Waals surface area contributed by atoms with Crippen LogP contribution in [-0.2, 0) is 11.2 Å². The van der Waals surface area contributed by atoms with Crippen molar-refractivity contribution in [2.45, 2.75) is 26.2 Å². The fourth-order valence-electron chi connectivity index (χ4n) is 4.07. The summed E-state index contributed by atoms with van der Waals surface area (Å²) in [4.78, 5) is 14.0. The van der Waals surface area contributed by atoms with Crippen LogP contribution in [0.15, 0.2) is 77.2 Å². The molecule has 0 aliphatic rings. The fraction of sp³-hybridized carbons (Fsp3) is 0.133. The Morgan fingerprint density at radius 1 is 0.976 bits per heavy atom. The average Bonchev–Trinajstić information content (AvgIpc) is 3.58. The summed E-state index contributed by atoms with van der Waals surface area (Å²) < 4.78 is 5.78. The maximum absolute atomic E-state index is 12.5. The Bertz CT molecular complexity index is 1760. The standard InChI is InChI=1S/C30H24Cl3N5O2S/c1-2-3-4-18-5-8-20(9-6-18)38-36-26-16-24(33)25(17-27(26)37-38)34-30(41)35-29(39)14-11-21-10-13-28(40-21)22-12-7-19(31)15-23(22)32/h5-17H,2-4H2,1H3,(H2,34,35,39,41)/b14-11+. The van der Waals surface area contributed by atoms with Crippen LogP contribution in [0, 0.1) is 0 Å². The van der Waals surface area contributed by atoms with Crippen LogP contribution < -0.4 is 10.6 Å². The summed E-state index contributed by atoms with van der Waals surface area (Å²) in [5, 5.41) is 16.1. The second-order valence-corrected chi connectivity index (χ2v) is 10.8. The highest BCUT2D eigenvalue weighted by atomic mass is 35.5. The van der Waals surface area contributed by atoms with Gasteiger partial charge in [-0.15, -0.1) is 10.2 Å². The number of unbranched alkanes of at least 4 members (excludes halogenated alkanes) is 1. The zero-order valence-electron chi connectivity index (χ0n) is 21.8. The number of thiocarbonyl (C=S) groups is 1. The van der Waals surface area contributed by atoms with E-state index in [2.05, 4.69) is 39.9 Å². The first-order valence-corrected chi connectivity index (χ1v) is 14.3. The van der Waals surface area contributed by atoms with Gasteiger partial charge < -0.3 is 9.73 Å². The van der Waals surface area contributed by atoms with Crippen molar-refractivity contribution >= 4 is 80.8 Å². The monoisotopic (exact) mass is 623 g/mol. The largest absolute Gasteiger partial charge is 0.457 e. The van der Waals surface area contributed by atoms with Gasteiger partial charge >= 0.3 is 0 Å². The molecular formula is C30H24Cl3N5O2S. The second kappa shape index (κ2) is 12.9. The molecule has 5 aromatic rings. The van der Waals surface area contributed by atoms with Gasteiger partial charge in [-0.25, -0.2) is 0 Å². The number of carbonyl (C=O) groups excluding carboxylic acids is 1. The van der Waals surface area contributed by atoms with Crippen molar-refractivity contribution in [2.75, 3.05) is 5.32 Å². The van der Waals surface area contributed by atoms with E-state index >= 15 is 0 Å². The summed E-state index contributed by atoms with van der Waals surface area (Å²) in [6.45, 7) is 2.18. The molecule has 0 saturated carbocycles. The summed E-state index contributed by atoms with van der Waals surface area (Å²) in [6, 6.07) is 20.2. The molecule has 0 saturated heterocycles. The lowest BCUT2D eigenvalue weighted by molar-refractivity contribution is -0.115. The molecule has 7 nitrogen and oxygen atoms in total. The summed E-state index contributed by atoms with van der Waals surface area (Å²) in [5.74, 6) is 0.567. The number of rotatable bonds is 8. The molecule has 2 heterocycles. The highest BCUT2D eigenvalue weighted by Gasteiger charge is 2.12. The number of fused-ring (bicyclic) bond motifs is 1. The lowest BCUT2D eigenvalue weighted by atomic mass is 10.1. The van der Waals surface area contributed by atoms with Crippen LogP contribution in [0.4, 0.5) is 5.69 Å². The minimum Gasteiger partial charge on any atom is -0.457 e. The van der Waals surface area contributed by atoms with E-state index in [-0.39, 0.29) is 5.11 Å². The number of benzene rings is 3. The number of nitrogens with one attached hydrogen (secondary N) is 2. The van der Waals surface area contributed by atoms with Crippen LogP contribution in [-0.4, -0.2) is 26.0 Å². The Kier molecular flexibility index (Phi) is 9.05. The van der Waals surface area contributed by atoms with Crippen LogP contribution >= 0.6 is 47.0 Å². The van der Waals surface area contributed by atoms with E-state index in [1.54, 1.807) is 47.3 Å². The van der Waals surface area contributed by atoms with Crippen molar-refractivity contribution in [3.63, 3.8) is 0 Å². The SMILES string of the molecule is CCCCc1ccc(-n2nc3cc(Cl)c(NC(=S)NC(=O)/C=C/c4ccc(-c5ccc(Cl)cc5Cl)o4)cc3n2)cc1. The van der Waals surface area contributed by atoms with Gasteiger partial charge in [0, 0.05) is 16.7 Å². The van der Waals surface area contributed by atoms with E-state index in [4.69, 9.17) is 51.4 Å². The lowest BCUT2D eigenvalue weighted by Gasteiger charge is -2.09. The molecule has 2 aromatic heterocycles. The topological polar surface area (TPSA) is 85.0 Å². The molecule has 0 aliphatic heterocycles. The number of aryl methyl sites for hydroxylation is 1.